The van der Waals surface area contributed by atoms with Gasteiger partial charge in [-0.15, -0.1) is 0 Å². The molecule has 0 spiro atoms. The summed E-state index contributed by atoms with van der Waals surface area (Å²) in [6, 6.07) is 16.6. The van der Waals surface area contributed by atoms with Gasteiger partial charge in [0, 0.05) is 18.2 Å². The van der Waals surface area contributed by atoms with Gasteiger partial charge in [-0.05, 0) is 49.1 Å². The fourth-order valence-electron chi connectivity index (χ4n) is 4.89. The Kier molecular flexibility index (Phi) is 9.02. The Labute approximate surface area is 239 Å². The zero-order valence-electron chi connectivity index (χ0n) is 23.5. The van der Waals surface area contributed by atoms with E-state index in [1.54, 1.807) is 24.3 Å². The molecule has 0 unspecified atom stereocenters. The van der Waals surface area contributed by atoms with Crippen molar-refractivity contribution in [1.82, 2.24) is 14.5 Å². The molecule has 0 aliphatic carbocycles. The molecule has 0 fully saturated rings. The van der Waals surface area contributed by atoms with E-state index < -0.39 is 43.2 Å². The van der Waals surface area contributed by atoms with E-state index in [2.05, 4.69) is 9.97 Å². The molecule has 41 heavy (non-hydrogen) atoms. The van der Waals surface area contributed by atoms with Gasteiger partial charge < -0.3 is 9.84 Å². The van der Waals surface area contributed by atoms with E-state index in [-0.39, 0.29) is 0 Å². The van der Waals surface area contributed by atoms with Gasteiger partial charge in [0.05, 0.1) is 18.7 Å². The molecule has 0 saturated carbocycles. The average molecular weight is 576 g/mol. The molecule has 214 valence electrons. The van der Waals surface area contributed by atoms with Crippen LogP contribution in [0.25, 0.3) is 11.1 Å². The number of nitrogens with zero attached hydrogens (tertiary/aromatic N) is 3. The van der Waals surface area contributed by atoms with Crippen LogP contribution in [-0.4, -0.2) is 41.1 Å². The molecule has 2 heterocycles. The van der Waals surface area contributed by atoms with Gasteiger partial charge in [-0.1, -0.05) is 68.3 Å². The number of ether oxygens (including phenoxy) is 1. The molecule has 2 aromatic carbocycles. The molecule has 0 aliphatic rings. The van der Waals surface area contributed by atoms with E-state index in [0.717, 1.165) is 17.5 Å². The summed E-state index contributed by atoms with van der Waals surface area (Å²) in [6.07, 6.45) is 3.73. The Morgan fingerprint density at radius 1 is 1.07 bits per heavy atom. The van der Waals surface area contributed by atoms with Gasteiger partial charge in [0.15, 0.2) is 5.03 Å². The summed E-state index contributed by atoms with van der Waals surface area (Å²) < 4.78 is 33.8. The number of pyridine rings is 1. The van der Waals surface area contributed by atoms with Gasteiger partial charge in [0.1, 0.15) is 5.82 Å². The lowest BCUT2D eigenvalue weighted by Gasteiger charge is -2.23. The molecule has 0 saturated heterocycles. The van der Waals surface area contributed by atoms with Gasteiger partial charge >= 0.3 is 5.97 Å². The molecule has 2 aromatic heterocycles. The third kappa shape index (κ3) is 5.92. The van der Waals surface area contributed by atoms with E-state index in [4.69, 9.17) is 4.74 Å². The Morgan fingerprint density at radius 3 is 2.46 bits per heavy atom. The number of esters is 1. The summed E-state index contributed by atoms with van der Waals surface area (Å²) in [6.45, 7) is 5.86. The third-order valence-corrected chi connectivity index (χ3v) is 8.62. The van der Waals surface area contributed by atoms with Crippen LogP contribution in [0.2, 0.25) is 0 Å². The first-order valence-electron chi connectivity index (χ1n) is 13.4. The highest BCUT2D eigenvalue weighted by Crippen LogP contribution is 2.30. The van der Waals surface area contributed by atoms with E-state index in [1.807, 2.05) is 45.0 Å². The van der Waals surface area contributed by atoms with Crippen LogP contribution in [0, 0.1) is 6.92 Å². The third-order valence-electron chi connectivity index (χ3n) is 6.93. The van der Waals surface area contributed by atoms with Gasteiger partial charge in [-0.3, -0.25) is 9.36 Å². The van der Waals surface area contributed by atoms with Crippen LogP contribution in [0.1, 0.15) is 66.5 Å². The number of carbonyl (C=O) groups excluding carboxylic acids is 1. The topological polar surface area (TPSA) is 128 Å². The summed E-state index contributed by atoms with van der Waals surface area (Å²) in [7, 11) is -3.30. The molecule has 0 amide bonds. The summed E-state index contributed by atoms with van der Waals surface area (Å²) >= 11 is 0. The molecule has 9 nitrogen and oxygen atoms in total. The molecule has 1 N–H and O–H groups in total. The Balaban J connectivity index is 1.86. The minimum Gasteiger partial charge on any atom is -0.492 e. The molecule has 0 aliphatic heterocycles. The van der Waals surface area contributed by atoms with E-state index in [9.17, 15) is 23.1 Å². The number of methoxy groups -OCH3 is 1. The smallest absolute Gasteiger partial charge is 0.338 e. The second-order valence-corrected chi connectivity index (χ2v) is 11.6. The maximum absolute atomic E-state index is 14.0. The highest BCUT2D eigenvalue weighted by Gasteiger charge is 2.32. The fraction of sp³-hybridized carbons (Fsp3) is 0.290. The first-order valence-corrected chi connectivity index (χ1v) is 14.9. The van der Waals surface area contributed by atoms with Crippen molar-refractivity contribution in [2.24, 2.45) is 0 Å². The maximum Gasteiger partial charge on any atom is 0.338 e. The summed E-state index contributed by atoms with van der Waals surface area (Å²) in [5.74, 6) is -1.07. The highest BCUT2D eigenvalue weighted by atomic mass is 32.2. The molecular formula is C31H33N3O6S. The van der Waals surface area contributed by atoms with Gasteiger partial charge in [-0.25, -0.2) is 18.2 Å². The van der Waals surface area contributed by atoms with Crippen LogP contribution in [0.5, 0.6) is 5.88 Å². The van der Waals surface area contributed by atoms with Gasteiger partial charge in [0.2, 0.25) is 20.6 Å². The number of hydrogen-bond donors (Lipinski definition) is 1. The normalized spacial score (nSPS) is 12.2. The summed E-state index contributed by atoms with van der Waals surface area (Å²) in [4.78, 5) is 33.8. The first-order chi connectivity index (χ1) is 19.6. The fourth-order valence-corrected chi connectivity index (χ4v) is 6.15. The van der Waals surface area contributed by atoms with Crippen molar-refractivity contribution in [1.29, 1.82) is 0 Å². The van der Waals surface area contributed by atoms with Crippen molar-refractivity contribution in [3.63, 3.8) is 0 Å². The number of rotatable bonds is 10. The summed E-state index contributed by atoms with van der Waals surface area (Å²) in [5, 5.41) is 10.4. The van der Waals surface area contributed by atoms with E-state index in [0.29, 0.717) is 41.8 Å². The van der Waals surface area contributed by atoms with Crippen molar-refractivity contribution in [2.75, 3.05) is 7.11 Å². The largest absolute Gasteiger partial charge is 0.492 e. The summed E-state index contributed by atoms with van der Waals surface area (Å²) in [5.41, 5.74) is 2.27. The minimum atomic E-state index is -4.57. The van der Waals surface area contributed by atoms with Gasteiger partial charge in [-0.2, -0.15) is 4.98 Å². The molecule has 0 radical (unpaired) electrons. The molecule has 1 atom stereocenters. The van der Waals surface area contributed by atoms with Crippen molar-refractivity contribution in [2.45, 2.75) is 62.4 Å². The number of carbonyl (C=O) groups is 1. The quantitative estimate of drug-likeness (QED) is 0.253. The predicted molar refractivity (Wildman–Crippen MR) is 155 cm³/mol. The number of hydrogen-bond acceptors (Lipinski definition) is 8. The lowest BCUT2D eigenvalue weighted by Crippen LogP contribution is -2.33. The number of aryl methyl sites for hydroxylation is 2. The molecule has 4 rings (SSSR count). The van der Waals surface area contributed by atoms with Crippen LogP contribution in [0.15, 0.2) is 81.6 Å². The average Bonchev–Trinajstić information content (AvgIpc) is 2.97. The van der Waals surface area contributed by atoms with E-state index >= 15 is 0 Å². The maximum atomic E-state index is 14.0. The van der Waals surface area contributed by atoms with Crippen molar-refractivity contribution < 1.29 is 23.1 Å². The minimum absolute atomic E-state index is 0.293. The van der Waals surface area contributed by atoms with Crippen LogP contribution in [0.3, 0.4) is 0 Å². The first kappa shape index (κ1) is 29.7. The lowest BCUT2D eigenvalue weighted by molar-refractivity contribution is 0.0601. The predicted octanol–water partition coefficient (Wildman–Crippen LogP) is 5.28. The second-order valence-electron chi connectivity index (χ2n) is 9.72. The molecule has 10 heteroatoms. The SMILES string of the molecule is CCCCc1nc(O)c(S(=O)(=O)c2ccc(-c3ccccc3C(=O)OC)cn2)c(=O)n1[C@@H](CC)c1cccc(C)c1. The number of sulfone groups is 1. The molecule has 0 bridgehead atoms. The Bertz CT molecular complexity index is 1730. The highest BCUT2D eigenvalue weighted by molar-refractivity contribution is 7.91. The zero-order valence-corrected chi connectivity index (χ0v) is 24.3. The molecule has 4 aromatic rings. The second kappa shape index (κ2) is 12.5. The number of unbranched alkanes of at least 4 members (excludes halogenated alkanes) is 1. The monoisotopic (exact) mass is 575 g/mol. The van der Waals surface area contributed by atoms with Crippen molar-refractivity contribution >= 4 is 15.8 Å². The van der Waals surface area contributed by atoms with E-state index in [1.165, 1.54) is 30.0 Å². The lowest BCUT2D eigenvalue weighted by atomic mass is 10.0. The van der Waals surface area contributed by atoms with Crippen LogP contribution in [0.4, 0.5) is 0 Å². The van der Waals surface area contributed by atoms with Crippen LogP contribution < -0.4 is 5.56 Å². The zero-order chi connectivity index (χ0) is 29.7. The molecular weight excluding hydrogens is 542 g/mol. The standard InChI is InChI=1S/C31H33N3O6S/c1-5-7-15-26-33-29(35)28(30(36)34(26)25(6-2)21-12-10-11-20(3)18-21)41(38,39)27-17-16-22(19-32-27)23-13-8-9-14-24(23)31(37)40-4/h8-14,16-19,25,35H,5-7,15H2,1-4H3/t25-/m0/s1. The number of benzene rings is 2. The number of aromatic nitrogens is 3. The van der Waals surface area contributed by atoms with Crippen LogP contribution in [-0.2, 0) is 21.0 Å². The van der Waals surface area contributed by atoms with Gasteiger partial charge in [0.25, 0.3) is 5.56 Å². The van der Waals surface area contributed by atoms with Crippen molar-refractivity contribution in [3.8, 4) is 17.0 Å². The Morgan fingerprint density at radius 2 is 1.83 bits per heavy atom. The van der Waals surface area contributed by atoms with Crippen LogP contribution >= 0.6 is 0 Å². The Hall–Kier alpha value is -4.31. The number of aromatic hydroxyl groups is 1. The van der Waals surface area contributed by atoms with Crippen molar-refractivity contribution in [3.05, 3.63) is 99.7 Å².